The Bertz CT molecular complexity index is 445. The maximum atomic E-state index is 6.19. The van der Waals surface area contributed by atoms with E-state index in [9.17, 15) is 0 Å². The molecule has 0 amide bonds. The Balaban J connectivity index is 1.90. The lowest BCUT2D eigenvalue weighted by Gasteiger charge is -2.39. The predicted octanol–water partition coefficient (Wildman–Crippen LogP) is 6.06. The highest BCUT2D eigenvalue weighted by Crippen LogP contribution is 2.41. The van der Waals surface area contributed by atoms with Gasteiger partial charge in [0.15, 0.2) is 0 Å². The Labute approximate surface area is 129 Å². The molecule has 1 aromatic carbocycles. The average molecular weight is 294 g/mol. The fourth-order valence-corrected chi connectivity index (χ4v) is 3.41. The molecule has 2 heteroatoms. The summed E-state index contributed by atoms with van der Waals surface area (Å²) in [7, 11) is 0. The molecule has 0 saturated heterocycles. The van der Waals surface area contributed by atoms with Gasteiger partial charge in [-0.3, -0.25) is 0 Å². The molecule has 1 aromatic rings. The lowest BCUT2D eigenvalue weighted by atomic mass is 9.69. The number of aryl methyl sites for hydroxylation is 1. The average Bonchev–Trinajstić information content (AvgIpc) is 2.43. The molecule has 0 aliphatic heterocycles. The molecule has 0 unspecified atom stereocenters. The number of rotatable bonds is 4. The van der Waals surface area contributed by atoms with Gasteiger partial charge in [-0.2, -0.15) is 0 Å². The van der Waals surface area contributed by atoms with Crippen molar-refractivity contribution < 1.29 is 0 Å². The van der Waals surface area contributed by atoms with Crippen LogP contribution in [0.15, 0.2) is 18.2 Å². The minimum absolute atomic E-state index is 0.498. The summed E-state index contributed by atoms with van der Waals surface area (Å²) < 4.78 is 0. The maximum absolute atomic E-state index is 6.19. The van der Waals surface area contributed by atoms with Crippen molar-refractivity contribution in [3.05, 3.63) is 28.8 Å². The molecule has 2 rings (SSSR count). The Morgan fingerprint density at radius 1 is 1.20 bits per heavy atom. The fraction of sp³-hybridized carbons (Fsp3) is 0.667. The summed E-state index contributed by atoms with van der Waals surface area (Å²) in [6.07, 6.45) is 6.53. The van der Waals surface area contributed by atoms with Gasteiger partial charge in [-0.25, -0.2) is 0 Å². The summed E-state index contributed by atoms with van der Waals surface area (Å²) in [6, 6.07) is 6.90. The highest BCUT2D eigenvalue weighted by molar-refractivity contribution is 6.31. The van der Waals surface area contributed by atoms with Gasteiger partial charge in [-0.15, -0.1) is 0 Å². The smallest absolute Gasteiger partial charge is 0.0455 e. The van der Waals surface area contributed by atoms with E-state index in [4.69, 9.17) is 11.6 Å². The van der Waals surface area contributed by atoms with Crippen LogP contribution in [-0.4, -0.2) is 6.04 Å². The van der Waals surface area contributed by atoms with Gasteiger partial charge in [0.25, 0.3) is 0 Å². The number of anilines is 1. The van der Waals surface area contributed by atoms with Crippen LogP contribution in [0.1, 0.15) is 58.4 Å². The normalized spacial score (nSPS) is 23.6. The van der Waals surface area contributed by atoms with Crippen LogP contribution in [0, 0.1) is 18.3 Å². The van der Waals surface area contributed by atoms with Crippen LogP contribution in [0.5, 0.6) is 0 Å². The van der Waals surface area contributed by atoms with Gasteiger partial charge < -0.3 is 5.32 Å². The van der Waals surface area contributed by atoms with Gasteiger partial charge in [0, 0.05) is 16.8 Å². The van der Waals surface area contributed by atoms with Crippen LogP contribution in [0.25, 0.3) is 0 Å². The highest BCUT2D eigenvalue weighted by atomic mass is 35.5. The SMILES string of the molecule is CCC(C)(C)C1CCC(Nc2ccc(C)c(Cl)c2)CC1. The molecule has 1 saturated carbocycles. The van der Waals surface area contributed by atoms with Crippen molar-refractivity contribution in [3.63, 3.8) is 0 Å². The second-order valence-corrected chi connectivity index (χ2v) is 7.41. The quantitative estimate of drug-likeness (QED) is 0.712. The third-order valence-electron chi connectivity index (χ3n) is 5.29. The van der Waals surface area contributed by atoms with Crippen LogP contribution in [0.4, 0.5) is 5.69 Å². The summed E-state index contributed by atoms with van der Waals surface area (Å²) in [5.74, 6) is 0.882. The van der Waals surface area contributed by atoms with E-state index in [1.807, 2.05) is 6.92 Å². The summed E-state index contributed by atoms with van der Waals surface area (Å²) in [5, 5.41) is 4.51. The van der Waals surface area contributed by atoms with E-state index >= 15 is 0 Å². The van der Waals surface area contributed by atoms with Crippen LogP contribution in [0.2, 0.25) is 5.02 Å². The summed E-state index contributed by atoms with van der Waals surface area (Å²) >= 11 is 6.19. The van der Waals surface area contributed by atoms with Crippen molar-refractivity contribution in [2.75, 3.05) is 5.32 Å². The monoisotopic (exact) mass is 293 g/mol. The summed E-state index contributed by atoms with van der Waals surface area (Å²) in [4.78, 5) is 0. The summed E-state index contributed by atoms with van der Waals surface area (Å²) in [6.45, 7) is 9.21. The standard InChI is InChI=1S/C18H28ClN/c1-5-18(3,4)14-7-10-15(11-8-14)20-16-9-6-13(2)17(19)12-16/h6,9,12,14-15,20H,5,7-8,10-11H2,1-4H3. The van der Waals surface area contributed by atoms with Crippen molar-refractivity contribution in [3.8, 4) is 0 Å². The van der Waals surface area contributed by atoms with Gasteiger partial charge in [-0.05, 0) is 61.6 Å². The maximum Gasteiger partial charge on any atom is 0.0455 e. The number of nitrogens with one attached hydrogen (secondary N) is 1. The molecule has 1 aliphatic rings. The third-order valence-corrected chi connectivity index (χ3v) is 5.69. The largest absolute Gasteiger partial charge is 0.382 e. The van der Waals surface area contributed by atoms with E-state index in [2.05, 4.69) is 44.3 Å². The lowest BCUT2D eigenvalue weighted by molar-refractivity contribution is 0.147. The van der Waals surface area contributed by atoms with Crippen molar-refractivity contribution in [2.24, 2.45) is 11.3 Å². The molecule has 0 atom stereocenters. The van der Waals surface area contributed by atoms with E-state index < -0.39 is 0 Å². The summed E-state index contributed by atoms with van der Waals surface area (Å²) in [5.41, 5.74) is 2.81. The number of hydrogen-bond donors (Lipinski definition) is 1. The predicted molar refractivity (Wildman–Crippen MR) is 89.6 cm³/mol. The van der Waals surface area contributed by atoms with Gasteiger partial charge >= 0.3 is 0 Å². The van der Waals surface area contributed by atoms with Gasteiger partial charge in [0.2, 0.25) is 0 Å². The first-order chi connectivity index (χ1) is 9.42. The number of halogens is 1. The molecule has 0 aromatic heterocycles. The fourth-order valence-electron chi connectivity index (χ4n) is 3.23. The first-order valence-electron chi connectivity index (χ1n) is 7.95. The highest BCUT2D eigenvalue weighted by Gasteiger charge is 2.31. The molecule has 0 radical (unpaired) electrons. The molecule has 0 bridgehead atoms. The van der Waals surface area contributed by atoms with Crippen molar-refractivity contribution in [1.82, 2.24) is 0 Å². The van der Waals surface area contributed by atoms with E-state index in [0.717, 1.165) is 16.5 Å². The Hall–Kier alpha value is -0.690. The number of hydrogen-bond acceptors (Lipinski definition) is 1. The van der Waals surface area contributed by atoms with E-state index in [1.165, 1.54) is 37.8 Å². The van der Waals surface area contributed by atoms with Crippen LogP contribution in [-0.2, 0) is 0 Å². The molecule has 1 fully saturated rings. The first-order valence-corrected chi connectivity index (χ1v) is 8.33. The lowest BCUT2D eigenvalue weighted by Crippen LogP contribution is -2.32. The minimum atomic E-state index is 0.498. The molecular formula is C18H28ClN. The van der Waals surface area contributed by atoms with E-state index in [-0.39, 0.29) is 0 Å². The van der Waals surface area contributed by atoms with E-state index in [0.29, 0.717) is 11.5 Å². The van der Waals surface area contributed by atoms with Gasteiger partial charge in [-0.1, -0.05) is 44.9 Å². The second-order valence-electron chi connectivity index (χ2n) is 7.00. The molecule has 20 heavy (non-hydrogen) atoms. The molecule has 112 valence electrons. The molecule has 0 heterocycles. The molecule has 1 nitrogen and oxygen atoms in total. The minimum Gasteiger partial charge on any atom is -0.382 e. The first kappa shape index (κ1) is 15.7. The zero-order valence-electron chi connectivity index (χ0n) is 13.3. The molecule has 1 N–H and O–H groups in total. The van der Waals surface area contributed by atoms with Gasteiger partial charge in [0.05, 0.1) is 0 Å². The van der Waals surface area contributed by atoms with Gasteiger partial charge in [0.1, 0.15) is 0 Å². The Kier molecular flexibility index (Phi) is 5.01. The van der Waals surface area contributed by atoms with E-state index in [1.54, 1.807) is 0 Å². The number of benzene rings is 1. The Morgan fingerprint density at radius 3 is 2.40 bits per heavy atom. The van der Waals surface area contributed by atoms with Crippen molar-refractivity contribution in [2.45, 2.75) is 65.8 Å². The topological polar surface area (TPSA) is 12.0 Å². The van der Waals surface area contributed by atoms with Crippen LogP contribution < -0.4 is 5.32 Å². The van der Waals surface area contributed by atoms with Crippen molar-refractivity contribution >= 4 is 17.3 Å². The zero-order chi connectivity index (χ0) is 14.8. The Morgan fingerprint density at radius 2 is 1.85 bits per heavy atom. The van der Waals surface area contributed by atoms with Crippen molar-refractivity contribution in [1.29, 1.82) is 0 Å². The van der Waals surface area contributed by atoms with Crippen LogP contribution in [0.3, 0.4) is 0 Å². The molecule has 1 aliphatic carbocycles. The second kappa shape index (κ2) is 6.39. The zero-order valence-corrected chi connectivity index (χ0v) is 14.1. The third kappa shape index (κ3) is 3.69. The molecular weight excluding hydrogens is 266 g/mol. The van der Waals surface area contributed by atoms with Crippen LogP contribution >= 0.6 is 11.6 Å². The molecule has 0 spiro atoms.